The Bertz CT molecular complexity index is 2430. The summed E-state index contributed by atoms with van der Waals surface area (Å²) in [5.74, 6) is -0.968. The van der Waals surface area contributed by atoms with Crippen molar-refractivity contribution in [1.82, 2.24) is 0 Å². The maximum atomic E-state index is 13.3. The van der Waals surface area contributed by atoms with Crippen molar-refractivity contribution in [2.75, 3.05) is 16.8 Å². The normalized spacial score (nSPS) is 16.6. The summed E-state index contributed by atoms with van der Waals surface area (Å²) in [5, 5.41) is 19.1. The fraction of sp³-hybridized carbons (Fsp3) is 0.250. The quantitative estimate of drug-likeness (QED) is 0.0744. The van der Waals surface area contributed by atoms with Crippen molar-refractivity contribution in [1.29, 1.82) is 0 Å². The molecule has 2 heterocycles. The Kier molecular flexibility index (Phi) is 11.4. The van der Waals surface area contributed by atoms with E-state index in [2.05, 4.69) is 156 Å². The van der Waals surface area contributed by atoms with E-state index in [9.17, 15) is 14.7 Å². The smallest absolute Gasteiger partial charge is 0.545 e. The molecule has 0 saturated carbocycles. The minimum Gasteiger partial charge on any atom is -0.545 e. The van der Waals surface area contributed by atoms with Crippen molar-refractivity contribution < 1.29 is 48.8 Å². The first-order chi connectivity index (χ1) is 25.8. The summed E-state index contributed by atoms with van der Waals surface area (Å²) < 4.78 is 2.05. The van der Waals surface area contributed by atoms with Crippen LogP contribution in [0.25, 0.3) is 21.5 Å². The SMILES string of the molecule is [CH2-][N+]1=C(/C=C/C(=C/C=C2/N(CC(C)C)c3ccc4ccccc4c3C2(C)C)CCC(=O)Nc2ccc(C(=O)[O-])cc2)C(C)(C)c2c1ccc1ccccc21.[Na+]. The van der Waals surface area contributed by atoms with E-state index in [4.69, 9.17) is 0 Å². The van der Waals surface area contributed by atoms with E-state index in [1.807, 2.05) is 4.58 Å². The fourth-order valence-electron chi connectivity index (χ4n) is 8.40. The van der Waals surface area contributed by atoms with Gasteiger partial charge < -0.3 is 24.7 Å². The van der Waals surface area contributed by atoms with E-state index in [-0.39, 0.29) is 58.3 Å². The second kappa shape index (κ2) is 15.7. The first-order valence-electron chi connectivity index (χ1n) is 18.8. The first kappa shape index (κ1) is 39.8. The maximum absolute atomic E-state index is 13.3. The van der Waals surface area contributed by atoms with Crippen LogP contribution in [0, 0.1) is 13.0 Å². The number of nitrogens with one attached hydrogen (secondary N) is 1. The standard InChI is InChI=1S/C48H49N3O3.Na/c1-31(2)30-51-40-26-22-34-13-9-11-15-38(34)45(40)48(5,6)42(51)28-17-32(18-29-43(52)49-36-23-19-35(20-24-36)46(53)54)16-27-41-47(3,4)44-37-14-10-8-12-33(37)21-25-39(44)50(41)7;/h8-17,19-28,31H,7,18,29-30H2,1-6H3,(H,49,52)(H,53,54);/q;+1/p-1/b27-16+,32-17-,42-28+;. The van der Waals surface area contributed by atoms with Crippen LogP contribution in [0.4, 0.5) is 17.1 Å². The number of hydrogen-bond acceptors (Lipinski definition) is 4. The maximum Gasteiger partial charge on any atom is 1.00 e. The van der Waals surface area contributed by atoms with Gasteiger partial charge in [0.2, 0.25) is 5.91 Å². The number of carbonyl (C=O) groups is 2. The molecule has 5 aromatic rings. The summed E-state index contributed by atoms with van der Waals surface area (Å²) in [5.41, 5.74) is 8.26. The molecule has 0 aliphatic carbocycles. The molecule has 55 heavy (non-hydrogen) atoms. The average molecular weight is 738 g/mol. The predicted octanol–water partition coefficient (Wildman–Crippen LogP) is 6.77. The van der Waals surface area contributed by atoms with Crippen LogP contribution in [0.5, 0.6) is 0 Å². The molecule has 0 atom stereocenters. The third-order valence-electron chi connectivity index (χ3n) is 11.0. The van der Waals surface area contributed by atoms with Gasteiger partial charge in [-0.3, -0.25) is 4.79 Å². The van der Waals surface area contributed by atoms with E-state index in [1.54, 1.807) is 12.1 Å². The number of carboxylic acid groups (broad SMARTS) is 1. The van der Waals surface area contributed by atoms with Crippen molar-refractivity contribution in [3.05, 3.63) is 156 Å². The number of carboxylic acids is 1. The molecule has 0 saturated heterocycles. The number of benzene rings is 5. The number of anilines is 2. The van der Waals surface area contributed by atoms with Gasteiger partial charge >= 0.3 is 29.6 Å². The molecule has 7 rings (SSSR count). The Morgan fingerprint density at radius 2 is 1.44 bits per heavy atom. The third-order valence-corrected chi connectivity index (χ3v) is 11.0. The molecule has 2 aliphatic rings. The number of hydrogen-bond donors (Lipinski definition) is 1. The summed E-state index contributed by atoms with van der Waals surface area (Å²) in [6.45, 7) is 14.5. The van der Waals surface area contributed by atoms with E-state index in [0.717, 1.165) is 23.5 Å². The molecule has 2 aliphatic heterocycles. The van der Waals surface area contributed by atoms with Gasteiger partial charge in [-0.15, -0.1) is 0 Å². The molecular weight excluding hydrogens is 690 g/mol. The summed E-state index contributed by atoms with van der Waals surface area (Å²) >= 11 is 0. The van der Waals surface area contributed by atoms with Gasteiger partial charge in [0.1, 0.15) is 5.69 Å². The van der Waals surface area contributed by atoms with Crippen LogP contribution in [-0.2, 0) is 15.6 Å². The van der Waals surface area contributed by atoms with E-state index < -0.39 is 5.97 Å². The zero-order valence-corrected chi connectivity index (χ0v) is 35.1. The van der Waals surface area contributed by atoms with Crippen molar-refractivity contribution >= 4 is 56.2 Å². The molecular formula is C48H48N3NaO3. The van der Waals surface area contributed by atoms with Gasteiger partial charge in [0.15, 0.2) is 0 Å². The zero-order chi connectivity index (χ0) is 38.4. The molecule has 5 aromatic carbocycles. The van der Waals surface area contributed by atoms with Gasteiger partial charge in [-0.25, -0.2) is 0 Å². The Morgan fingerprint density at radius 3 is 2.07 bits per heavy atom. The first-order valence-corrected chi connectivity index (χ1v) is 18.8. The van der Waals surface area contributed by atoms with Crippen LogP contribution in [-0.4, -0.2) is 28.7 Å². The fourth-order valence-corrected chi connectivity index (χ4v) is 8.40. The molecule has 7 heteroatoms. The van der Waals surface area contributed by atoms with Gasteiger partial charge in [0.05, 0.1) is 11.7 Å². The number of carbonyl (C=O) groups excluding carboxylic acids is 2. The van der Waals surface area contributed by atoms with Crippen LogP contribution in [0.2, 0.25) is 0 Å². The average Bonchev–Trinajstić information content (AvgIpc) is 3.48. The molecule has 0 fully saturated rings. The van der Waals surface area contributed by atoms with Crippen LogP contribution >= 0.6 is 0 Å². The van der Waals surface area contributed by atoms with E-state index in [1.165, 1.54) is 56.2 Å². The Hall–Kier alpha value is -4.88. The molecule has 274 valence electrons. The van der Waals surface area contributed by atoms with Gasteiger partial charge in [-0.1, -0.05) is 133 Å². The van der Waals surface area contributed by atoms with Gasteiger partial charge in [-0.05, 0) is 86.5 Å². The number of aromatic carboxylic acids is 1. The number of fused-ring (bicyclic) bond motifs is 6. The van der Waals surface area contributed by atoms with Gasteiger partial charge in [-0.2, -0.15) is 0 Å². The monoisotopic (exact) mass is 737 g/mol. The minimum atomic E-state index is -1.25. The number of allylic oxidation sites excluding steroid dienone is 6. The number of rotatable bonds is 10. The summed E-state index contributed by atoms with van der Waals surface area (Å²) in [4.78, 5) is 27.0. The molecule has 6 nitrogen and oxygen atoms in total. The van der Waals surface area contributed by atoms with Crippen LogP contribution in [0.15, 0.2) is 133 Å². The Morgan fingerprint density at radius 1 is 0.818 bits per heavy atom. The van der Waals surface area contributed by atoms with Crippen LogP contribution in [0.3, 0.4) is 0 Å². The largest absolute Gasteiger partial charge is 1.00 e. The van der Waals surface area contributed by atoms with Gasteiger partial charge in [0, 0.05) is 47.9 Å². The summed E-state index contributed by atoms with van der Waals surface area (Å²) in [7, 11) is 4.49. The zero-order valence-electron chi connectivity index (χ0n) is 33.1. The molecule has 0 spiro atoms. The molecule has 0 aromatic heterocycles. The third kappa shape index (κ3) is 7.56. The van der Waals surface area contributed by atoms with Crippen molar-refractivity contribution in [3.63, 3.8) is 0 Å². The van der Waals surface area contributed by atoms with E-state index in [0.29, 0.717) is 18.0 Å². The molecule has 1 amide bonds. The second-order valence-electron chi connectivity index (χ2n) is 16.0. The van der Waals surface area contributed by atoms with Crippen LogP contribution in [0.1, 0.15) is 75.9 Å². The molecule has 0 bridgehead atoms. The molecule has 1 N–H and O–H groups in total. The van der Waals surface area contributed by atoms with Crippen molar-refractivity contribution in [3.8, 4) is 0 Å². The van der Waals surface area contributed by atoms with Crippen LogP contribution < -0.4 is 44.9 Å². The number of amides is 1. The summed E-state index contributed by atoms with van der Waals surface area (Å²) in [6.07, 6.45) is 9.46. The predicted molar refractivity (Wildman–Crippen MR) is 220 cm³/mol. The Balaban J connectivity index is 0.00000514. The van der Waals surface area contributed by atoms with Crippen molar-refractivity contribution in [2.45, 2.75) is 65.2 Å². The molecule has 0 radical (unpaired) electrons. The summed E-state index contributed by atoms with van der Waals surface area (Å²) in [6, 6.07) is 32.0. The minimum absolute atomic E-state index is 0. The van der Waals surface area contributed by atoms with Gasteiger partial charge in [0.25, 0.3) is 0 Å². The number of nitrogens with zero attached hydrogens (tertiary/aromatic N) is 2. The molecule has 0 unspecified atom stereocenters. The van der Waals surface area contributed by atoms with E-state index >= 15 is 0 Å². The Labute approximate surface area is 347 Å². The topological polar surface area (TPSA) is 75.5 Å². The second-order valence-corrected chi connectivity index (χ2v) is 16.0. The van der Waals surface area contributed by atoms with Crippen molar-refractivity contribution in [2.24, 2.45) is 5.92 Å².